The van der Waals surface area contributed by atoms with Crippen LogP contribution in [0.25, 0.3) is 0 Å². The Labute approximate surface area is 127 Å². The second-order valence-electron chi connectivity index (χ2n) is 5.74. The van der Waals surface area contributed by atoms with Gasteiger partial charge in [-0.2, -0.15) is 5.10 Å². The minimum Gasteiger partial charge on any atom is -0.314 e. The molecule has 20 heavy (non-hydrogen) atoms. The lowest BCUT2D eigenvalue weighted by atomic mass is 9.92. The fourth-order valence-electron chi connectivity index (χ4n) is 3.05. The maximum absolute atomic E-state index is 6.38. The number of hydrogen-bond acceptors (Lipinski definition) is 2. The Bertz CT molecular complexity index is 476. The Balaban J connectivity index is 2.06. The molecule has 0 aliphatic heterocycles. The number of aromatic nitrogens is 2. The van der Waals surface area contributed by atoms with E-state index < -0.39 is 0 Å². The van der Waals surface area contributed by atoms with Crippen molar-refractivity contribution in [2.24, 2.45) is 7.05 Å². The first-order valence-electron chi connectivity index (χ1n) is 7.71. The number of rotatable bonds is 6. The van der Waals surface area contributed by atoms with Crippen LogP contribution in [0.4, 0.5) is 0 Å². The van der Waals surface area contributed by atoms with E-state index in [4.69, 9.17) is 11.6 Å². The van der Waals surface area contributed by atoms with Crippen LogP contribution in [-0.2, 0) is 13.5 Å². The predicted molar refractivity (Wildman–Crippen MR) is 85.3 cm³/mol. The molecule has 3 nitrogen and oxygen atoms in total. The van der Waals surface area contributed by atoms with Gasteiger partial charge in [0.2, 0.25) is 0 Å². The summed E-state index contributed by atoms with van der Waals surface area (Å²) >= 11 is 6.38. The smallest absolute Gasteiger partial charge is 0.0847 e. The number of likely N-dealkylation sites (N-methyl/N-ethyl adjacent to an activating group) is 1. The summed E-state index contributed by atoms with van der Waals surface area (Å²) in [6, 6.07) is 0.455. The molecule has 0 amide bonds. The summed E-state index contributed by atoms with van der Waals surface area (Å²) in [5, 5.41) is 8.84. The number of nitrogens with zero attached hydrogens (tertiary/aromatic N) is 2. The highest BCUT2D eigenvalue weighted by atomic mass is 35.5. The molecule has 0 spiro atoms. The van der Waals surface area contributed by atoms with Crippen molar-refractivity contribution >= 4 is 11.6 Å². The average molecular weight is 296 g/mol. The monoisotopic (exact) mass is 295 g/mol. The molecule has 1 atom stereocenters. The number of aryl methyl sites for hydroxylation is 2. The standard InChI is InChI=1S/C16H26ClN3/c1-4-18-14(10-13-8-6-5-7-9-13)11-15-16(17)12(2)19-20(15)3/h8,14,18H,4-7,9-11H2,1-3H3. The third-order valence-electron chi connectivity index (χ3n) is 4.09. The Morgan fingerprint density at radius 1 is 1.40 bits per heavy atom. The Kier molecular flexibility index (Phi) is 5.67. The second-order valence-corrected chi connectivity index (χ2v) is 6.12. The maximum atomic E-state index is 6.38. The first kappa shape index (κ1) is 15.6. The Hall–Kier alpha value is -0.800. The van der Waals surface area contributed by atoms with Crippen LogP contribution in [0.1, 0.15) is 50.4 Å². The lowest BCUT2D eigenvalue weighted by molar-refractivity contribution is 0.490. The lowest BCUT2D eigenvalue weighted by Crippen LogP contribution is -2.32. The molecule has 0 bridgehead atoms. The molecule has 0 fully saturated rings. The van der Waals surface area contributed by atoms with Gasteiger partial charge in [-0.25, -0.2) is 0 Å². The molecular formula is C16H26ClN3. The fraction of sp³-hybridized carbons (Fsp3) is 0.688. The fourth-order valence-corrected chi connectivity index (χ4v) is 3.28. The van der Waals surface area contributed by atoms with E-state index in [1.807, 2.05) is 18.7 Å². The van der Waals surface area contributed by atoms with Gasteiger partial charge in [0.15, 0.2) is 0 Å². The zero-order chi connectivity index (χ0) is 14.5. The molecule has 0 saturated heterocycles. The van der Waals surface area contributed by atoms with Crippen LogP contribution in [0.5, 0.6) is 0 Å². The summed E-state index contributed by atoms with van der Waals surface area (Å²) < 4.78 is 1.93. The van der Waals surface area contributed by atoms with Crippen LogP contribution in [0.15, 0.2) is 11.6 Å². The minimum atomic E-state index is 0.455. The van der Waals surface area contributed by atoms with Crippen molar-refractivity contribution in [1.82, 2.24) is 15.1 Å². The van der Waals surface area contributed by atoms with E-state index in [2.05, 4.69) is 23.4 Å². The largest absolute Gasteiger partial charge is 0.314 e. The van der Waals surface area contributed by atoms with Gasteiger partial charge in [-0.15, -0.1) is 0 Å². The van der Waals surface area contributed by atoms with Crippen molar-refractivity contribution in [3.8, 4) is 0 Å². The van der Waals surface area contributed by atoms with Gasteiger partial charge in [-0.3, -0.25) is 4.68 Å². The number of hydrogen-bond donors (Lipinski definition) is 1. The molecule has 2 rings (SSSR count). The van der Waals surface area contributed by atoms with Crippen molar-refractivity contribution in [2.45, 2.75) is 58.4 Å². The predicted octanol–water partition coefficient (Wildman–Crippen LogP) is 3.79. The van der Waals surface area contributed by atoms with Crippen LogP contribution < -0.4 is 5.32 Å². The van der Waals surface area contributed by atoms with Gasteiger partial charge in [0.1, 0.15) is 0 Å². The van der Waals surface area contributed by atoms with Gasteiger partial charge >= 0.3 is 0 Å². The molecule has 112 valence electrons. The summed E-state index contributed by atoms with van der Waals surface area (Å²) in [7, 11) is 1.98. The summed E-state index contributed by atoms with van der Waals surface area (Å²) in [5.74, 6) is 0. The van der Waals surface area contributed by atoms with Gasteiger partial charge in [0.25, 0.3) is 0 Å². The molecule has 0 radical (unpaired) electrons. The molecular weight excluding hydrogens is 270 g/mol. The van der Waals surface area contributed by atoms with E-state index in [0.717, 1.165) is 35.8 Å². The summed E-state index contributed by atoms with van der Waals surface area (Å²) in [6.07, 6.45) is 9.72. The molecule has 1 aromatic rings. The van der Waals surface area contributed by atoms with E-state index in [-0.39, 0.29) is 0 Å². The lowest BCUT2D eigenvalue weighted by Gasteiger charge is -2.22. The van der Waals surface area contributed by atoms with Crippen molar-refractivity contribution < 1.29 is 0 Å². The first-order chi connectivity index (χ1) is 9.61. The topological polar surface area (TPSA) is 29.9 Å². The van der Waals surface area contributed by atoms with Crippen LogP contribution in [-0.4, -0.2) is 22.4 Å². The quantitative estimate of drug-likeness (QED) is 0.809. The highest BCUT2D eigenvalue weighted by Crippen LogP contribution is 2.25. The highest BCUT2D eigenvalue weighted by molar-refractivity contribution is 6.31. The molecule has 1 aliphatic rings. The van der Waals surface area contributed by atoms with E-state index in [9.17, 15) is 0 Å². The molecule has 4 heteroatoms. The Morgan fingerprint density at radius 3 is 2.75 bits per heavy atom. The van der Waals surface area contributed by atoms with E-state index >= 15 is 0 Å². The number of allylic oxidation sites excluding steroid dienone is 1. The van der Waals surface area contributed by atoms with Crippen molar-refractivity contribution in [1.29, 1.82) is 0 Å². The van der Waals surface area contributed by atoms with Gasteiger partial charge in [0.05, 0.1) is 16.4 Å². The summed E-state index contributed by atoms with van der Waals surface area (Å²) in [5.41, 5.74) is 3.68. The highest BCUT2D eigenvalue weighted by Gasteiger charge is 2.18. The third kappa shape index (κ3) is 3.86. The van der Waals surface area contributed by atoms with Gasteiger partial charge in [-0.05, 0) is 45.6 Å². The van der Waals surface area contributed by atoms with Crippen molar-refractivity contribution in [3.05, 3.63) is 28.1 Å². The maximum Gasteiger partial charge on any atom is 0.0847 e. The van der Waals surface area contributed by atoms with Crippen LogP contribution in [0.2, 0.25) is 5.02 Å². The van der Waals surface area contributed by atoms with Gasteiger partial charge in [0, 0.05) is 19.5 Å². The van der Waals surface area contributed by atoms with Gasteiger partial charge in [-0.1, -0.05) is 30.2 Å². The zero-order valence-electron chi connectivity index (χ0n) is 12.9. The minimum absolute atomic E-state index is 0.455. The molecule has 1 unspecified atom stereocenters. The molecule has 0 aromatic carbocycles. The molecule has 0 saturated carbocycles. The normalized spacial score (nSPS) is 17.1. The van der Waals surface area contributed by atoms with E-state index in [0.29, 0.717) is 6.04 Å². The summed E-state index contributed by atoms with van der Waals surface area (Å²) in [4.78, 5) is 0. The van der Waals surface area contributed by atoms with Gasteiger partial charge < -0.3 is 5.32 Å². The van der Waals surface area contributed by atoms with Crippen LogP contribution in [0, 0.1) is 6.92 Å². The molecule has 1 aromatic heterocycles. The average Bonchev–Trinajstić information content (AvgIpc) is 2.67. The van der Waals surface area contributed by atoms with E-state index in [1.165, 1.54) is 25.7 Å². The van der Waals surface area contributed by atoms with Crippen molar-refractivity contribution in [2.75, 3.05) is 6.54 Å². The van der Waals surface area contributed by atoms with Crippen LogP contribution >= 0.6 is 11.6 Å². The second kappa shape index (κ2) is 7.28. The number of nitrogens with one attached hydrogen (secondary N) is 1. The summed E-state index contributed by atoms with van der Waals surface area (Å²) in [6.45, 7) is 5.13. The zero-order valence-corrected chi connectivity index (χ0v) is 13.6. The van der Waals surface area contributed by atoms with Crippen LogP contribution in [0.3, 0.4) is 0 Å². The first-order valence-corrected chi connectivity index (χ1v) is 8.08. The third-order valence-corrected chi connectivity index (χ3v) is 4.58. The van der Waals surface area contributed by atoms with E-state index in [1.54, 1.807) is 5.57 Å². The molecule has 1 aliphatic carbocycles. The Morgan fingerprint density at radius 2 is 2.20 bits per heavy atom. The number of halogens is 1. The molecule has 1 N–H and O–H groups in total. The molecule has 1 heterocycles. The van der Waals surface area contributed by atoms with Crippen molar-refractivity contribution in [3.63, 3.8) is 0 Å². The SMILES string of the molecule is CCNC(CC1=CCCCC1)Cc1c(Cl)c(C)nn1C.